The summed E-state index contributed by atoms with van der Waals surface area (Å²) in [4.78, 5) is 10.9. The van der Waals surface area contributed by atoms with Crippen molar-refractivity contribution in [1.29, 1.82) is 0 Å². The maximum Gasteiger partial charge on any atom is 0.324 e. The van der Waals surface area contributed by atoms with E-state index in [1.54, 1.807) is 26.0 Å². The molecule has 0 unspecified atom stereocenters. The number of carboxylic acids is 1. The molecule has 19 heavy (non-hydrogen) atoms. The summed E-state index contributed by atoms with van der Waals surface area (Å²) in [6.45, 7) is 2.87. The van der Waals surface area contributed by atoms with Gasteiger partial charge in [0.15, 0.2) is 0 Å². The number of hydrogen-bond acceptors (Lipinski definition) is 4. The summed E-state index contributed by atoms with van der Waals surface area (Å²) >= 11 is 0. The third-order valence-corrected chi connectivity index (χ3v) is 4.45. The first-order chi connectivity index (χ1) is 8.74. The Labute approximate surface area is 112 Å². The van der Waals surface area contributed by atoms with Gasteiger partial charge in [0.25, 0.3) is 0 Å². The SMILES string of the molecule is CC(C)CS(=O)(=O)N(CC(=O)O)c1ccccc1N. The number of carbonyl (C=O) groups is 1. The zero-order chi connectivity index (χ0) is 14.6. The second-order valence-corrected chi connectivity index (χ2v) is 6.57. The highest BCUT2D eigenvalue weighted by Crippen LogP contribution is 2.25. The average Bonchev–Trinajstić information content (AvgIpc) is 2.25. The van der Waals surface area contributed by atoms with E-state index >= 15 is 0 Å². The van der Waals surface area contributed by atoms with Crippen molar-refractivity contribution in [2.24, 2.45) is 5.92 Å². The minimum absolute atomic E-state index is 0.105. The van der Waals surface area contributed by atoms with Crippen molar-refractivity contribution in [2.45, 2.75) is 13.8 Å². The van der Waals surface area contributed by atoms with Crippen LogP contribution in [0.15, 0.2) is 24.3 Å². The predicted octanol–water partition coefficient (Wildman–Crippen LogP) is 1.15. The van der Waals surface area contributed by atoms with Crippen LogP contribution in [0.4, 0.5) is 11.4 Å². The Bertz CT molecular complexity index is 555. The second kappa shape index (κ2) is 5.92. The molecule has 0 amide bonds. The second-order valence-electron chi connectivity index (χ2n) is 4.63. The number of nitrogen functional groups attached to an aromatic ring is 1. The quantitative estimate of drug-likeness (QED) is 0.764. The van der Waals surface area contributed by atoms with Crippen LogP contribution in [0.25, 0.3) is 0 Å². The summed E-state index contributed by atoms with van der Waals surface area (Å²) in [6, 6.07) is 6.31. The third-order valence-electron chi connectivity index (χ3n) is 2.36. The molecule has 1 rings (SSSR count). The van der Waals surface area contributed by atoms with Crippen LogP contribution < -0.4 is 10.0 Å². The van der Waals surface area contributed by atoms with Crippen molar-refractivity contribution in [1.82, 2.24) is 0 Å². The Morgan fingerprint density at radius 3 is 2.42 bits per heavy atom. The summed E-state index contributed by atoms with van der Waals surface area (Å²) < 4.78 is 25.3. The molecule has 7 heteroatoms. The lowest BCUT2D eigenvalue weighted by molar-refractivity contribution is -0.135. The smallest absolute Gasteiger partial charge is 0.324 e. The molecule has 0 saturated carbocycles. The Kier molecular flexibility index (Phi) is 4.77. The molecule has 0 radical (unpaired) electrons. The molecule has 0 aliphatic carbocycles. The summed E-state index contributed by atoms with van der Waals surface area (Å²) in [5.74, 6) is -1.46. The largest absolute Gasteiger partial charge is 0.480 e. The fraction of sp³-hybridized carbons (Fsp3) is 0.417. The fourth-order valence-corrected chi connectivity index (χ4v) is 3.48. The van der Waals surface area contributed by atoms with E-state index in [2.05, 4.69) is 0 Å². The normalized spacial score (nSPS) is 11.5. The van der Waals surface area contributed by atoms with Crippen LogP contribution in [0.5, 0.6) is 0 Å². The molecule has 0 aromatic heterocycles. The van der Waals surface area contributed by atoms with Gasteiger partial charge in [-0.2, -0.15) is 0 Å². The van der Waals surface area contributed by atoms with Gasteiger partial charge in [0, 0.05) is 0 Å². The van der Waals surface area contributed by atoms with Crippen molar-refractivity contribution in [3.8, 4) is 0 Å². The molecule has 3 N–H and O–H groups in total. The van der Waals surface area contributed by atoms with Crippen molar-refractivity contribution in [3.63, 3.8) is 0 Å². The van der Waals surface area contributed by atoms with E-state index in [9.17, 15) is 13.2 Å². The van der Waals surface area contributed by atoms with Crippen molar-refractivity contribution in [3.05, 3.63) is 24.3 Å². The van der Waals surface area contributed by atoms with E-state index < -0.39 is 22.5 Å². The lowest BCUT2D eigenvalue weighted by Gasteiger charge is -2.24. The number of carboxylic acid groups (broad SMARTS) is 1. The minimum atomic E-state index is -3.72. The molecule has 0 saturated heterocycles. The number of sulfonamides is 1. The van der Waals surface area contributed by atoms with Crippen LogP contribution in [-0.2, 0) is 14.8 Å². The van der Waals surface area contributed by atoms with Gasteiger partial charge in [-0.25, -0.2) is 8.42 Å². The van der Waals surface area contributed by atoms with Crippen LogP contribution >= 0.6 is 0 Å². The molecular formula is C12H18N2O4S. The molecule has 6 nitrogen and oxygen atoms in total. The lowest BCUT2D eigenvalue weighted by atomic mass is 10.3. The minimum Gasteiger partial charge on any atom is -0.480 e. The van der Waals surface area contributed by atoms with Crippen molar-refractivity contribution < 1.29 is 18.3 Å². The summed E-state index contributed by atoms with van der Waals surface area (Å²) in [5, 5.41) is 8.89. The molecule has 0 fully saturated rings. The molecule has 1 aromatic rings. The van der Waals surface area contributed by atoms with Gasteiger partial charge < -0.3 is 10.8 Å². The van der Waals surface area contributed by atoms with Gasteiger partial charge in [0.05, 0.1) is 17.1 Å². The zero-order valence-corrected chi connectivity index (χ0v) is 11.7. The van der Waals surface area contributed by atoms with Gasteiger partial charge in [-0.3, -0.25) is 9.10 Å². The highest BCUT2D eigenvalue weighted by atomic mass is 32.2. The number of nitrogens with zero attached hydrogens (tertiary/aromatic N) is 1. The molecule has 106 valence electrons. The van der Waals surface area contributed by atoms with E-state index in [1.807, 2.05) is 0 Å². The first kappa shape index (κ1) is 15.3. The Hall–Kier alpha value is -1.76. The van der Waals surface area contributed by atoms with Gasteiger partial charge in [0.2, 0.25) is 10.0 Å². The molecule has 0 bridgehead atoms. The number of aliphatic carboxylic acids is 1. The fourth-order valence-electron chi connectivity index (χ4n) is 1.68. The highest BCUT2D eigenvalue weighted by molar-refractivity contribution is 7.92. The van der Waals surface area contributed by atoms with Crippen molar-refractivity contribution in [2.75, 3.05) is 22.3 Å². The highest BCUT2D eigenvalue weighted by Gasteiger charge is 2.27. The Balaban J connectivity index is 3.23. The Morgan fingerprint density at radius 2 is 1.95 bits per heavy atom. The molecule has 0 atom stereocenters. The summed E-state index contributed by atoms with van der Waals surface area (Å²) in [7, 11) is -3.72. The Morgan fingerprint density at radius 1 is 1.37 bits per heavy atom. The number of rotatable bonds is 6. The van der Waals surface area contributed by atoms with Crippen LogP contribution in [0.1, 0.15) is 13.8 Å². The van der Waals surface area contributed by atoms with E-state index in [1.165, 1.54) is 12.1 Å². The van der Waals surface area contributed by atoms with Crippen LogP contribution in [0, 0.1) is 5.92 Å². The number of nitrogens with two attached hydrogens (primary N) is 1. The maximum atomic E-state index is 12.2. The van der Waals surface area contributed by atoms with E-state index in [0.29, 0.717) is 0 Å². The van der Waals surface area contributed by atoms with Crippen LogP contribution in [0.2, 0.25) is 0 Å². The summed E-state index contributed by atoms with van der Waals surface area (Å²) in [5.41, 5.74) is 6.16. The predicted molar refractivity (Wildman–Crippen MR) is 74.5 cm³/mol. The van der Waals surface area contributed by atoms with Crippen molar-refractivity contribution >= 4 is 27.4 Å². The zero-order valence-electron chi connectivity index (χ0n) is 10.9. The van der Waals surface area contributed by atoms with Gasteiger partial charge >= 0.3 is 5.97 Å². The first-order valence-corrected chi connectivity index (χ1v) is 7.41. The van der Waals surface area contributed by atoms with Gasteiger partial charge in [-0.1, -0.05) is 26.0 Å². The molecular weight excluding hydrogens is 268 g/mol. The molecule has 1 aromatic carbocycles. The van der Waals surface area contributed by atoms with E-state index in [4.69, 9.17) is 10.8 Å². The maximum absolute atomic E-state index is 12.2. The molecule has 0 aliphatic heterocycles. The van der Waals surface area contributed by atoms with Gasteiger partial charge in [0.1, 0.15) is 6.54 Å². The number of para-hydroxylation sites is 2. The van der Waals surface area contributed by atoms with Gasteiger partial charge in [-0.05, 0) is 18.1 Å². The molecule has 0 aliphatic rings. The monoisotopic (exact) mass is 286 g/mol. The third kappa shape index (κ3) is 4.13. The number of hydrogen-bond donors (Lipinski definition) is 2. The number of anilines is 2. The van der Waals surface area contributed by atoms with Crippen LogP contribution in [0.3, 0.4) is 0 Å². The molecule has 0 heterocycles. The average molecular weight is 286 g/mol. The van der Waals surface area contributed by atoms with E-state index in [0.717, 1.165) is 4.31 Å². The summed E-state index contributed by atoms with van der Waals surface area (Å²) in [6.07, 6.45) is 0. The number of benzene rings is 1. The van der Waals surface area contributed by atoms with E-state index in [-0.39, 0.29) is 23.0 Å². The molecule has 0 spiro atoms. The lowest BCUT2D eigenvalue weighted by Crippen LogP contribution is -2.38. The first-order valence-electron chi connectivity index (χ1n) is 5.80. The van der Waals surface area contributed by atoms with Crippen LogP contribution in [-0.4, -0.2) is 31.8 Å². The van der Waals surface area contributed by atoms with Gasteiger partial charge in [-0.15, -0.1) is 0 Å². The standard InChI is InChI=1S/C12H18N2O4S/c1-9(2)8-19(17,18)14(7-12(15)16)11-6-4-3-5-10(11)13/h3-6,9H,7-8,13H2,1-2H3,(H,15,16). The topological polar surface area (TPSA) is 101 Å².